The molecule has 4 aliphatic rings. The van der Waals surface area contributed by atoms with Gasteiger partial charge in [0.1, 0.15) is 0 Å². The maximum atomic E-state index is 12.3. The lowest BCUT2D eigenvalue weighted by molar-refractivity contribution is -0.155. The van der Waals surface area contributed by atoms with E-state index in [1.54, 1.807) is 17.5 Å². The fraction of sp³-hybridized carbons (Fsp3) is 0.632. The minimum atomic E-state index is -0.534. The van der Waals surface area contributed by atoms with Gasteiger partial charge in [0.25, 0.3) is 11.8 Å². The molecule has 26 heavy (non-hydrogen) atoms. The molecule has 140 valence electrons. The summed E-state index contributed by atoms with van der Waals surface area (Å²) < 4.78 is 5.17. The zero-order valence-electron chi connectivity index (χ0n) is 14.7. The van der Waals surface area contributed by atoms with Crippen LogP contribution in [0.25, 0.3) is 0 Å². The molecule has 0 unspecified atom stereocenters. The van der Waals surface area contributed by atoms with Crippen LogP contribution in [0.3, 0.4) is 0 Å². The van der Waals surface area contributed by atoms with Gasteiger partial charge in [-0.1, -0.05) is 6.07 Å². The SMILES string of the molecule is O=C(COC(=O)CC12CC3CC(CC(C3)C1)C2)NNC(=O)c1cccs1. The zero-order chi connectivity index (χ0) is 18.1. The largest absolute Gasteiger partial charge is 0.455 e. The molecule has 0 aliphatic heterocycles. The molecule has 0 saturated heterocycles. The summed E-state index contributed by atoms with van der Waals surface area (Å²) in [4.78, 5) is 36.3. The number of thiophene rings is 1. The molecule has 0 spiro atoms. The summed E-state index contributed by atoms with van der Waals surface area (Å²) in [5, 5.41) is 1.78. The van der Waals surface area contributed by atoms with Crippen LogP contribution >= 0.6 is 11.3 Å². The standard InChI is InChI=1S/C19H24N2O4S/c22-16(20-21-18(24)15-2-1-3-26-15)11-25-17(23)10-19-7-12-4-13(8-19)6-14(5-12)9-19/h1-3,12-14H,4-11H2,(H,20,22)(H,21,24). The third-order valence-corrected chi connectivity index (χ3v) is 6.98. The highest BCUT2D eigenvalue weighted by Crippen LogP contribution is 2.61. The first kappa shape index (κ1) is 17.5. The van der Waals surface area contributed by atoms with Crippen LogP contribution in [0, 0.1) is 23.2 Å². The number of esters is 1. The van der Waals surface area contributed by atoms with Crippen molar-refractivity contribution in [1.82, 2.24) is 10.9 Å². The van der Waals surface area contributed by atoms with Gasteiger partial charge in [-0.2, -0.15) is 0 Å². The van der Waals surface area contributed by atoms with Crippen LogP contribution in [0.15, 0.2) is 17.5 Å². The molecule has 0 aromatic carbocycles. The van der Waals surface area contributed by atoms with Crippen LogP contribution in [-0.4, -0.2) is 24.4 Å². The summed E-state index contributed by atoms with van der Waals surface area (Å²) in [5.74, 6) is 1.13. The van der Waals surface area contributed by atoms with Gasteiger partial charge in [0.05, 0.1) is 11.3 Å². The molecule has 4 aliphatic carbocycles. The lowest BCUT2D eigenvalue weighted by Crippen LogP contribution is -2.47. The third kappa shape index (κ3) is 3.77. The number of carbonyl (C=O) groups excluding carboxylic acids is 3. The van der Waals surface area contributed by atoms with E-state index in [4.69, 9.17) is 4.74 Å². The predicted octanol–water partition coefficient (Wildman–Crippen LogP) is 2.66. The molecule has 2 amide bonds. The number of hydrogen-bond donors (Lipinski definition) is 2. The first-order valence-electron chi connectivity index (χ1n) is 9.30. The van der Waals surface area contributed by atoms with Crippen LogP contribution in [-0.2, 0) is 14.3 Å². The lowest BCUT2D eigenvalue weighted by atomic mass is 9.49. The second kappa shape index (κ2) is 7.02. The maximum Gasteiger partial charge on any atom is 0.306 e. The van der Waals surface area contributed by atoms with E-state index >= 15 is 0 Å². The zero-order valence-corrected chi connectivity index (χ0v) is 15.5. The van der Waals surface area contributed by atoms with E-state index in [0.29, 0.717) is 11.3 Å². The summed E-state index contributed by atoms with van der Waals surface area (Å²) in [6.45, 7) is -0.365. The number of rotatable bonds is 5. The van der Waals surface area contributed by atoms with Gasteiger partial charge >= 0.3 is 5.97 Å². The van der Waals surface area contributed by atoms with Gasteiger partial charge in [-0.05, 0) is 73.1 Å². The average Bonchev–Trinajstić information content (AvgIpc) is 3.11. The molecule has 7 heteroatoms. The number of hydrogen-bond acceptors (Lipinski definition) is 5. The third-order valence-electron chi connectivity index (χ3n) is 6.11. The van der Waals surface area contributed by atoms with Gasteiger partial charge in [-0.3, -0.25) is 25.2 Å². The molecule has 4 fully saturated rings. The highest BCUT2D eigenvalue weighted by atomic mass is 32.1. The Morgan fingerprint density at radius 1 is 1.08 bits per heavy atom. The summed E-state index contributed by atoms with van der Waals surface area (Å²) >= 11 is 1.28. The van der Waals surface area contributed by atoms with Crippen molar-refractivity contribution in [2.24, 2.45) is 23.2 Å². The Balaban J connectivity index is 1.20. The topological polar surface area (TPSA) is 84.5 Å². The number of amides is 2. The van der Waals surface area contributed by atoms with E-state index in [1.165, 1.54) is 30.6 Å². The Bertz CT molecular complexity index is 665. The van der Waals surface area contributed by atoms with Gasteiger partial charge in [-0.25, -0.2) is 0 Å². The van der Waals surface area contributed by atoms with Crippen molar-refractivity contribution in [3.63, 3.8) is 0 Å². The molecule has 6 nitrogen and oxygen atoms in total. The molecule has 0 atom stereocenters. The molecule has 1 aromatic rings. The molecule has 4 saturated carbocycles. The number of ether oxygens (including phenoxy) is 1. The molecule has 1 heterocycles. The van der Waals surface area contributed by atoms with Crippen LogP contribution in [0.2, 0.25) is 0 Å². The van der Waals surface area contributed by atoms with E-state index in [-0.39, 0.29) is 23.9 Å². The predicted molar refractivity (Wildman–Crippen MR) is 96.1 cm³/mol. The molecule has 5 rings (SSSR count). The quantitative estimate of drug-likeness (QED) is 0.611. The van der Waals surface area contributed by atoms with Crippen molar-refractivity contribution in [2.75, 3.05) is 6.61 Å². The number of hydrazine groups is 1. The molecular weight excluding hydrogens is 352 g/mol. The van der Waals surface area contributed by atoms with Crippen molar-refractivity contribution in [2.45, 2.75) is 44.9 Å². The van der Waals surface area contributed by atoms with Crippen molar-refractivity contribution >= 4 is 29.1 Å². The minimum absolute atomic E-state index is 0.107. The van der Waals surface area contributed by atoms with Gasteiger partial charge < -0.3 is 4.74 Å². The molecule has 2 N–H and O–H groups in total. The second-order valence-corrected chi connectivity index (χ2v) is 9.18. The highest BCUT2D eigenvalue weighted by molar-refractivity contribution is 7.12. The van der Waals surface area contributed by atoms with Crippen molar-refractivity contribution in [3.8, 4) is 0 Å². The van der Waals surface area contributed by atoms with E-state index in [9.17, 15) is 14.4 Å². The summed E-state index contributed by atoms with van der Waals surface area (Å²) in [6, 6.07) is 3.42. The Kier molecular flexibility index (Phi) is 4.73. The number of carbonyl (C=O) groups is 3. The van der Waals surface area contributed by atoms with E-state index < -0.39 is 5.91 Å². The normalized spacial score (nSPS) is 31.5. The molecular formula is C19H24N2O4S. The summed E-state index contributed by atoms with van der Waals surface area (Å²) in [7, 11) is 0. The fourth-order valence-corrected chi connectivity index (χ4v) is 6.26. The number of nitrogens with one attached hydrogen (secondary N) is 2. The molecule has 0 radical (unpaired) electrons. The highest BCUT2D eigenvalue weighted by Gasteiger charge is 2.51. The maximum absolute atomic E-state index is 12.3. The average molecular weight is 376 g/mol. The Labute approximate surface area is 156 Å². The summed E-state index contributed by atoms with van der Waals surface area (Å²) in [5.41, 5.74) is 4.70. The van der Waals surface area contributed by atoms with E-state index in [2.05, 4.69) is 10.9 Å². The van der Waals surface area contributed by atoms with Crippen molar-refractivity contribution in [3.05, 3.63) is 22.4 Å². The van der Waals surface area contributed by atoms with Gasteiger partial charge in [-0.15, -0.1) is 11.3 Å². The smallest absolute Gasteiger partial charge is 0.306 e. The van der Waals surface area contributed by atoms with Crippen LogP contribution in [0.1, 0.15) is 54.6 Å². The summed E-state index contributed by atoms with van der Waals surface area (Å²) in [6.07, 6.45) is 7.83. The lowest BCUT2D eigenvalue weighted by Gasteiger charge is -2.56. The van der Waals surface area contributed by atoms with E-state index in [0.717, 1.165) is 37.0 Å². The molecule has 1 aromatic heterocycles. The monoisotopic (exact) mass is 376 g/mol. The Morgan fingerprint density at radius 2 is 1.73 bits per heavy atom. The fourth-order valence-electron chi connectivity index (χ4n) is 5.64. The van der Waals surface area contributed by atoms with Crippen molar-refractivity contribution in [1.29, 1.82) is 0 Å². The minimum Gasteiger partial charge on any atom is -0.455 e. The first-order chi connectivity index (χ1) is 12.5. The van der Waals surface area contributed by atoms with Gasteiger partial charge in [0, 0.05) is 0 Å². The molecule has 4 bridgehead atoms. The first-order valence-corrected chi connectivity index (χ1v) is 10.2. The van der Waals surface area contributed by atoms with Crippen LogP contribution in [0.4, 0.5) is 0 Å². The van der Waals surface area contributed by atoms with Gasteiger partial charge in [0.15, 0.2) is 6.61 Å². The van der Waals surface area contributed by atoms with Crippen LogP contribution in [0.5, 0.6) is 0 Å². The van der Waals surface area contributed by atoms with Crippen molar-refractivity contribution < 1.29 is 19.1 Å². The van der Waals surface area contributed by atoms with Crippen LogP contribution < -0.4 is 10.9 Å². The van der Waals surface area contributed by atoms with E-state index in [1.807, 2.05) is 0 Å². The Morgan fingerprint density at radius 3 is 2.31 bits per heavy atom. The van der Waals surface area contributed by atoms with Gasteiger partial charge in [0.2, 0.25) is 0 Å². The second-order valence-electron chi connectivity index (χ2n) is 8.23. The Hall–Kier alpha value is -1.89.